The Hall–Kier alpha value is -1.17. The fourth-order valence-electron chi connectivity index (χ4n) is 3.74. The molecule has 3 rings (SSSR count). The lowest BCUT2D eigenvalue weighted by molar-refractivity contribution is -0.163. The molecule has 1 amide bonds. The molecule has 0 aromatic carbocycles. The molecule has 0 spiro atoms. The van der Waals surface area contributed by atoms with Gasteiger partial charge in [0.1, 0.15) is 0 Å². The van der Waals surface area contributed by atoms with Crippen LogP contribution in [0.2, 0.25) is 0 Å². The third-order valence-electron chi connectivity index (χ3n) is 4.90. The summed E-state index contributed by atoms with van der Waals surface area (Å²) in [4.78, 5) is 14.7. The van der Waals surface area contributed by atoms with E-state index >= 15 is 0 Å². The summed E-state index contributed by atoms with van der Waals surface area (Å²) >= 11 is 1.64. The molecule has 0 saturated carbocycles. The van der Waals surface area contributed by atoms with Gasteiger partial charge in [-0.2, -0.15) is 11.3 Å². The van der Waals surface area contributed by atoms with E-state index in [1.54, 1.807) is 17.4 Å². The van der Waals surface area contributed by atoms with Crippen molar-refractivity contribution in [1.29, 1.82) is 0 Å². The first-order valence-corrected chi connectivity index (χ1v) is 9.27. The van der Waals surface area contributed by atoms with Crippen LogP contribution in [-0.4, -0.2) is 49.8 Å². The fourth-order valence-corrected chi connectivity index (χ4v) is 4.41. The van der Waals surface area contributed by atoms with Gasteiger partial charge in [0, 0.05) is 25.1 Å². The number of hydrogen-bond donors (Lipinski definition) is 0. The second-order valence-corrected chi connectivity index (χ2v) is 7.32. The molecule has 3 heterocycles. The number of likely N-dealkylation sites (tertiary alicyclic amines) is 1. The van der Waals surface area contributed by atoms with E-state index in [0.717, 1.165) is 44.5 Å². The molecule has 4 nitrogen and oxygen atoms in total. The van der Waals surface area contributed by atoms with Gasteiger partial charge in [-0.3, -0.25) is 4.79 Å². The molecule has 2 atom stereocenters. The van der Waals surface area contributed by atoms with Crippen molar-refractivity contribution in [3.05, 3.63) is 35.0 Å². The van der Waals surface area contributed by atoms with Crippen molar-refractivity contribution >= 4 is 17.2 Å². The molecule has 2 aliphatic heterocycles. The minimum Gasteiger partial charge on any atom is -0.377 e. The number of hydrogen-bond acceptors (Lipinski definition) is 4. The maximum atomic E-state index is 12.6. The predicted molar refractivity (Wildman–Crippen MR) is 91.6 cm³/mol. The van der Waals surface area contributed by atoms with Gasteiger partial charge >= 0.3 is 0 Å². The lowest BCUT2D eigenvalue weighted by Gasteiger charge is -2.50. The maximum Gasteiger partial charge on any atom is 0.227 e. The van der Waals surface area contributed by atoms with E-state index in [1.165, 1.54) is 0 Å². The van der Waals surface area contributed by atoms with Crippen molar-refractivity contribution in [2.45, 2.75) is 31.8 Å². The zero-order valence-electron chi connectivity index (χ0n) is 13.5. The van der Waals surface area contributed by atoms with Crippen LogP contribution in [0.3, 0.4) is 0 Å². The molecule has 2 aliphatic rings. The predicted octanol–water partition coefficient (Wildman–Crippen LogP) is 2.89. The summed E-state index contributed by atoms with van der Waals surface area (Å²) in [6.07, 6.45) is 5.51. The van der Waals surface area contributed by atoms with Crippen molar-refractivity contribution in [3.8, 4) is 0 Å². The van der Waals surface area contributed by atoms with Crippen LogP contribution in [0.4, 0.5) is 0 Å². The van der Waals surface area contributed by atoms with Crippen LogP contribution in [-0.2, 0) is 20.7 Å². The van der Waals surface area contributed by atoms with Gasteiger partial charge in [-0.05, 0) is 41.7 Å². The Morgan fingerprint density at radius 1 is 1.61 bits per heavy atom. The lowest BCUT2D eigenvalue weighted by atomic mass is 9.73. The highest BCUT2D eigenvalue weighted by molar-refractivity contribution is 7.07. The number of nitrogens with zero attached hydrogens (tertiary/aromatic N) is 1. The fraction of sp³-hybridized carbons (Fsp3) is 0.611. The standard InChI is InChI=1S/C18H25NO3S/c1-2-8-21-14-18-6-3-9-22-16(18)4-7-19(13-18)17(20)11-15-5-10-23-12-15/h2,5,10,12,16H,1,3-4,6-9,11,13-14H2/t16-,18-/m0/s1. The largest absolute Gasteiger partial charge is 0.377 e. The first-order valence-electron chi connectivity index (χ1n) is 8.33. The monoisotopic (exact) mass is 335 g/mol. The smallest absolute Gasteiger partial charge is 0.227 e. The van der Waals surface area contributed by atoms with Gasteiger partial charge < -0.3 is 14.4 Å². The third-order valence-corrected chi connectivity index (χ3v) is 5.63. The van der Waals surface area contributed by atoms with Crippen molar-refractivity contribution in [1.82, 2.24) is 4.90 Å². The number of rotatable bonds is 6. The Balaban J connectivity index is 1.67. The SMILES string of the molecule is C=CCOC[C@@]12CCCO[C@H]1CCN(C(=O)Cc1ccsc1)C2. The minimum absolute atomic E-state index is 0.0518. The van der Waals surface area contributed by atoms with Crippen LogP contribution in [0.15, 0.2) is 29.5 Å². The average molecular weight is 335 g/mol. The number of carbonyl (C=O) groups excluding carboxylic acids is 1. The van der Waals surface area contributed by atoms with E-state index in [-0.39, 0.29) is 17.4 Å². The van der Waals surface area contributed by atoms with Crippen LogP contribution >= 0.6 is 11.3 Å². The molecular formula is C18H25NO3S. The zero-order valence-corrected chi connectivity index (χ0v) is 14.4. The lowest BCUT2D eigenvalue weighted by Crippen LogP contribution is -2.58. The highest BCUT2D eigenvalue weighted by Crippen LogP contribution is 2.40. The molecule has 1 aromatic rings. The molecule has 1 aromatic heterocycles. The van der Waals surface area contributed by atoms with Gasteiger partial charge in [-0.1, -0.05) is 6.08 Å². The van der Waals surface area contributed by atoms with E-state index in [9.17, 15) is 4.79 Å². The Bertz CT molecular complexity index is 530. The Labute approximate surface area is 142 Å². The second kappa shape index (κ2) is 7.60. The van der Waals surface area contributed by atoms with Crippen molar-refractivity contribution in [2.75, 3.05) is 32.9 Å². The molecule has 126 valence electrons. The number of amides is 1. The second-order valence-electron chi connectivity index (χ2n) is 6.54. The van der Waals surface area contributed by atoms with Gasteiger partial charge in [0.25, 0.3) is 0 Å². The van der Waals surface area contributed by atoms with E-state index in [4.69, 9.17) is 9.47 Å². The summed E-state index contributed by atoms with van der Waals surface area (Å²) in [5.74, 6) is 0.218. The van der Waals surface area contributed by atoms with Crippen LogP contribution in [0.1, 0.15) is 24.8 Å². The van der Waals surface area contributed by atoms with E-state index in [2.05, 4.69) is 12.0 Å². The summed E-state index contributed by atoms with van der Waals surface area (Å²) in [6, 6.07) is 2.03. The normalized spacial score (nSPS) is 27.5. The van der Waals surface area contributed by atoms with Gasteiger partial charge in [-0.25, -0.2) is 0 Å². The van der Waals surface area contributed by atoms with Crippen molar-refractivity contribution in [3.63, 3.8) is 0 Å². The van der Waals surface area contributed by atoms with Gasteiger partial charge in [-0.15, -0.1) is 6.58 Å². The number of piperidine rings is 1. The van der Waals surface area contributed by atoms with Crippen LogP contribution in [0.5, 0.6) is 0 Å². The summed E-state index contributed by atoms with van der Waals surface area (Å²) in [5, 5.41) is 4.08. The minimum atomic E-state index is -0.0518. The summed E-state index contributed by atoms with van der Waals surface area (Å²) in [5.41, 5.74) is 1.06. The third kappa shape index (κ3) is 3.84. The quantitative estimate of drug-likeness (QED) is 0.593. The molecule has 2 fully saturated rings. The van der Waals surface area contributed by atoms with E-state index in [0.29, 0.717) is 19.6 Å². The van der Waals surface area contributed by atoms with Crippen molar-refractivity contribution < 1.29 is 14.3 Å². The number of carbonyl (C=O) groups is 1. The van der Waals surface area contributed by atoms with Gasteiger partial charge in [0.05, 0.1) is 25.7 Å². The van der Waals surface area contributed by atoms with Crippen molar-refractivity contribution in [2.24, 2.45) is 5.41 Å². The van der Waals surface area contributed by atoms with Crippen LogP contribution in [0, 0.1) is 5.41 Å². The molecule has 0 unspecified atom stereocenters. The highest BCUT2D eigenvalue weighted by Gasteiger charge is 2.47. The Morgan fingerprint density at radius 2 is 2.52 bits per heavy atom. The first kappa shape index (κ1) is 16.7. The number of fused-ring (bicyclic) bond motifs is 1. The highest BCUT2D eigenvalue weighted by atomic mass is 32.1. The van der Waals surface area contributed by atoms with E-state index in [1.807, 2.05) is 16.3 Å². The number of ether oxygens (including phenoxy) is 2. The Morgan fingerprint density at radius 3 is 3.30 bits per heavy atom. The molecule has 2 saturated heterocycles. The van der Waals surface area contributed by atoms with Crippen LogP contribution < -0.4 is 0 Å². The molecular weight excluding hydrogens is 310 g/mol. The first-order chi connectivity index (χ1) is 11.2. The topological polar surface area (TPSA) is 38.8 Å². The molecule has 0 radical (unpaired) electrons. The molecule has 0 bridgehead atoms. The van der Waals surface area contributed by atoms with Crippen LogP contribution in [0.25, 0.3) is 0 Å². The Kier molecular flexibility index (Phi) is 5.51. The van der Waals surface area contributed by atoms with Gasteiger partial charge in [0.15, 0.2) is 0 Å². The van der Waals surface area contributed by atoms with E-state index < -0.39 is 0 Å². The molecule has 0 aliphatic carbocycles. The zero-order chi connectivity index (χ0) is 16.1. The molecule has 23 heavy (non-hydrogen) atoms. The molecule has 0 N–H and O–H groups in total. The summed E-state index contributed by atoms with van der Waals surface area (Å²) < 4.78 is 11.8. The molecule has 5 heteroatoms. The average Bonchev–Trinajstić information content (AvgIpc) is 3.07. The summed E-state index contributed by atoms with van der Waals surface area (Å²) in [7, 11) is 0. The van der Waals surface area contributed by atoms with Gasteiger partial charge in [0.2, 0.25) is 5.91 Å². The summed E-state index contributed by atoms with van der Waals surface area (Å²) in [6.45, 7) is 7.27. The maximum absolute atomic E-state index is 12.6. The number of thiophene rings is 1.